The van der Waals surface area contributed by atoms with E-state index >= 15 is 0 Å². The van der Waals surface area contributed by atoms with Crippen molar-refractivity contribution in [3.05, 3.63) is 0 Å². The van der Waals surface area contributed by atoms with Crippen LogP contribution in [0.3, 0.4) is 0 Å². The smallest absolute Gasteiger partial charge is 0.234 e. The Morgan fingerprint density at radius 2 is 1.41 bits per heavy atom. The van der Waals surface area contributed by atoms with Crippen LogP contribution >= 0.6 is 0 Å². The number of hydrogen-bond donors (Lipinski definition) is 1. The second-order valence-corrected chi connectivity index (χ2v) is 9.84. The molecule has 7 nitrogen and oxygen atoms in total. The molecule has 0 atom stereocenters. The van der Waals surface area contributed by atoms with Gasteiger partial charge in [-0.2, -0.15) is 5.11 Å². The zero-order valence-electron chi connectivity index (χ0n) is 18.2. The van der Waals surface area contributed by atoms with Gasteiger partial charge in [0, 0.05) is 6.42 Å². The highest BCUT2D eigenvalue weighted by Gasteiger charge is 2.13. The van der Waals surface area contributed by atoms with Gasteiger partial charge in [-0.25, -0.2) is 8.42 Å². The third kappa shape index (κ3) is 15.2. The van der Waals surface area contributed by atoms with Gasteiger partial charge < -0.3 is 0 Å². The number of nitrogens with zero attached hydrogens (tertiary/aromatic N) is 3. The Morgan fingerprint density at radius 3 is 1.93 bits per heavy atom. The summed E-state index contributed by atoms with van der Waals surface area (Å²) < 4.78 is 25.5. The van der Waals surface area contributed by atoms with E-state index in [0.717, 1.165) is 37.8 Å². The molecule has 1 aliphatic rings. The summed E-state index contributed by atoms with van der Waals surface area (Å²) in [6.07, 6.45) is 17.1. The van der Waals surface area contributed by atoms with E-state index in [4.69, 9.17) is 0 Å². The molecule has 168 valence electrons. The van der Waals surface area contributed by atoms with Crippen LogP contribution in [0, 0.1) is 0 Å². The van der Waals surface area contributed by atoms with E-state index in [1.165, 1.54) is 57.8 Å². The molecular formula is C21H40N4O3S. The van der Waals surface area contributed by atoms with Gasteiger partial charge in [-0.1, -0.05) is 77.6 Å². The van der Waals surface area contributed by atoms with Crippen LogP contribution < -0.4 is 4.72 Å². The van der Waals surface area contributed by atoms with Gasteiger partial charge >= 0.3 is 0 Å². The van der Waals surface area contributed by atoms with Gasteiger partial charge in [0.1, 0.15) is 6.54 Å². The Kier molecular flexibility index (Phi) is 14.6. The molecular weight excluding hydrogens is 388 g/mol. The minimum atomic E-state index is -3.43. The van der Waals surface area contributed by atoms with E-state index < -0.39 is 10.0 Å². The standard InChI is InChI=1S/C21H40N4O3S/c1-2-3-18-29(27,28)24-21(26)17-15-13-11-9-7-5-4-6-8-10-12-14-16-20-19-22-25-23-20/h2-19H2,1H3,(H,24,26). The quantitative estimate of drug-likeness (QED) is 0.274. The summed E-state index contributed by atoms with van der Waals surface area (Å²) in [6, 6.07) is 0. The molecule has 8 heteroatoms. The van der Waals surface area contributed by atoms with Crippen molar-refractivity contribution in [3.8, 4) is 0 Å². The molecule has 1 rings (SSSR count). The molecule has 0 aliphatic carbocycles. The van der Waals surface area contributed by atoms with Crippen LogP contribution in [0.1, 0.15) is 110 Å². The van der Waals surface area contributed by atoms with Gasteiger partial charge in [0.15, 0.2) is 0 Å². The summed E-state index contributed by atoms with van der Waals surface area (Å²) in [5.74, 6) is -0.319. The van der Waals surface area contributed by atoms with E-state index in [0.29, 0.717) is 19.4 Å². The minimum Gasteiger partial charge on any atom is -0.274 e. The zero-order valence-corrected chi connectivity index (χ0v) is 19.0. The second-order valence-electron chi connectivity index (χ2n) is 8.00. The Balaban J connectivity index is 1.80. The fraction of sp³-hybridized carbons (Fsp3) is 0.905. The van der Waals surface area contributed by atoms with Crippen LogP contribution in [-0.4, -0.2) is 32.3 Å². The third-order valence-electron chi connectivity index (χ3n) is 5.16. The Bertz CT molecular complexity index is 603. The summed E-state index contributed by atoms with van der Waals surface area (Å²) >= 11 is 0. The molecule has 0 radical (unpaired) electrons. The summed E-state index contributed by atoms with van der Waals surface area (Å²) in [7, 11) is -3.43. The first kappa shape index (κ1) is 25.7. The fourth-order valence-corrected chi connectivity index (χ4v) is 4.58. The van der Waals surface area contributed by atoms with Gasteiger partial charge in [0.25, 0.3) is 0 Å². The highest BCUT2D eigenvalue weighted by atomic mass is 32.2. The second kappa shape index (κ2) is 16.5. The number of amides is 1. The maximum atomic E-state index is 11.7. The first-order chi connectivity index (χ1) is 14.0. The molecule has 0 saturated carbocycles. The first-order valence-electron chi connectivity index (χ1n) is 11.5. The van der Waals surface area contributed by atoms with Crippen LogP contribution in [-0.2, 0) is 14.8 Å². The molecule has 0 bridgehead atoms. The number of carbonyl (C=O) groups excluding carboxylic acids is 1. The lowest BCUT2D eigenvalue weighted by atomic mass is 10.0. The molecule has 0 unspecified atom stereocenters. The molecule has 29 heavy (non-hydrogen) atoms. The van der Waals surface area contributed by atoms with Crippen molar-refractivity contribution in [2.24, 2.45) is 15.4 Å². The molecule has 1 amide bonds. The molecule has 0 fully saturated rings. The average molecular weight is 429 g/mol. The number of sulfonamides is 1. The Labute approximate surface area is 177 Å². The third-order valence-corrected chi connectivity index (χ3v) is 6.52. The van der Waals surface area contributed by atoms with Crippen molar-refractivity contribution in [2.45, 2.75) is 110 Å². The maximum Gasteiger partial charge on any atom is 0.234 e. The number of rotatable bonds is 19. The first-order valence-corrected chi connectivity index (χ1v) is 13.1. The van der Waals surface area contributed by atoms with Crippen LogP contribution in [0.15, 0.2) is 15.4 Å². The van der Waals surface area contributed by atoms with Crippen molar-refractivity contribution in [1.29, 1.82) is 0 Å². The van der Waals surface area contributed by atoms with Crippen molar-refractivity contribution >= 4 is 21.6 Å². The SMILES string of the molecule is CCCCS(=O)(=O)NC(=O)CCCCCCCCCCCCCCC1=NN=NC1. The normalized spacial score (nSPS) is 13.6. The summed E-state index contributed by atoms with van der Waals surface area (Å²) in [4.78, 5) is 11.7. The van der Waals surface area contributed by atoms with Gasteiger partial charge in [0.05, 0.1) is 11.5 Å². The number of carbonyl (C=O) groups is 1. The van der Waals surface area contributed by atoms with E-state index in [1.807, 2.05) is 6.92 Å². The molecule has 1 N–H and O–H groups in total. The molecule has 0 aromatic rings. The molecule has 0 spiro atoms. The van der Waals surface area contributed by atoms with Gasteiger partial charge in [-0.15, -0.1) is 5.10 Å². The van der Waals surface area contributed by atoms with E-state index in [9.17, 15) is 13.2 Å². The molecule has 0 aromatic carbocycles. The van der Waals surface area contributed by atoms with E-state index in [1.54, 1.807) is 0 Å². The summed E-state index contributed by atoms with van der Waals surface area (Å²) in [5.41, 5.74) is 1.13. The van der Waals surface area contributed by atoms with Crippen LogP contribution in [0.4, 0.5) is 0 Å². The lowest BCUT2D eigenvalue weighted by Crippen LogP contribution is -2.32. The van der Waals surface area contributed by atoms with Gasteiger partial charge in [-0.3, -0.25) is 9.52 Å². The number of nitrogens with one attached hydrogen (secondary N) is 1. The minimum absolute atomic E-state index is 0.0398. The van der Waals surface area contributed by atoms with Gasteiger partial charge in [-0.05, 0) is 30.9 Å². The lowest BCUT2D eigenvalue weighted by molar-refractivity contribution is -0.119. The lowest BCUT2D eigenvalue weighted by Gasteiger charge is -2.06. The van der Waals surface area contributed by atoms with E-state index in [-0.39, 0.29) is 11.7 Å². The molecule has 1 heterocycles. The van der Waals surface area contributed by atoms with Crippen molar-refractivity contribution in [1.82, 2.24) is 4.72 Å². The van der Waals surface area contributed by atoms with Crippen molar-refractivity contribution < 1.29 is 13.2 Å². The Hall–Kier alpha value is -1.31. The van der Waals surface area contributed by atoms with Crippen LogP contribution in [0.25, 0.3) is 0 Å². The number of hydrogen-bond acceptors (Lipinski definition) is 6. The predicted octanol–water partition coefficient (Wildman–Crippen LogP) is 5.52. The maximum absolute atomic E-state index is 11.7. The Morgan fingerprint density at radius 1 is 0.862 bits per heavy atom. The van der Waals surface area contributed by atoms with Crippen LogP contribution in [0.2, 0.25) is 0 Å². The summed E-state index contributed by atoms with van der Waals surface area (Å²) in [6.45, 7) is 2.63. The molecule has 0 saturated heterocycles. The van der Waals surface area contributed by atoms with Crippen molar-refractivity contribution in [2.75, 3.05) is 12.3 Å². The average Bonchev–Trinajstić information content (AvgIpc) is 3.19. The largest absolute Gasteiger partial charge is 0.274 e. The summed E-state index contributed by atoms with van der Waals surface area (Å²) in [5, 5.41) is 11.5. The molecule has 0 aromatic heterocycles. The van der Waals surface area contributed by atoms with E-state index in [2.05, 4.69) is 20.2 Å². The monoisotopic (exact) mass is 428 g/mol. The van der Waals surface area contributed by atoms with Crippen LogP contribution in [0.5, 0.6) is 0 Å². The number of unbranched alkanes of at least 4 members (excludes halogenated alkanes) is 12. The topological polar surface area (TPSA) is 100 Å². The highest BCUT2D eigenvalue weighted by Crippen LogP contribution is 2.13. The zero-order chi connectivity index (χ0) is 21.2. The molecule has 1 aliphatic heterocycles. The van der Waals surface area contributed by atoms with Crippen molar-refractivity contribution in [3.63, 3.8) is 0 Å². The van der Waals surface area contributed by atoms with Gasteiger partial charge in [0.2, 0.25) is 15.9 Å². The highest BCUT2D eigenvalue weighted by molar-refractivity contribution is 7.90. The predicted molar refractivity (Wildman–Crippen MR) is 119 cm³/mol. The fourth-order valence-electron chi connectivity index (χ4n) is 3.36.